The van der Waals surface area contributed by atoms with Crippen LogP contribution in [0.5, 0.6) is 0 Å². The third kappa shape index (κ3) is 4.41. The van der Waals surface area contributed by atoms with E-state index >= 15 is 0 Å². The second kappa shape index (κ2) is 7.72. The minimum atomic E-state index is -0.423. The van der Waals surface area contributed by atoms with Crippen molar-refractivity contribution in [2.45, 2.75) is 6.92 Å². The molecule has 138 valence electrons. The summed E-state index contributed by atoms with van der Waals surface area (Å²) in [5, 5.41) is 3.74. The van der Waals surface area contributed by atoms with Gasteiger partial charge in [-0.2, -0.15) is 0 Å². The molecule has 0 saturated carbocycles. The lowest BCUT2D eigenvalue weighted by atomic mass is 10.1. The second-order valence-corrected chi connectivity index (χ2v) is 6.63. The van der Waals surface area contributed by atoms with Crippen LogP contribution in [0.15, 0.2) is 48.5 Å². The van der Waals surface area contributed by atoms with Crippen LogP contribution < -0.4 is 5.32 Å². The number of hydrogen-bond donors (Lipinski definition) is 1. The number of amides is 2. The Labute approximate surface area is 160 Å². The van der Waals surface area contributed by atoms with E-state index in [0.717, 1.165) is 0 Å². The Hall–Kier alpha value is -2.99. The van der Waals surface area contributed by atoms with Crippen LogP contribution in [0.25, 0.3) is 10.9 Å². The van der Waals surface area contributed by atoms with Crippen LogP contribution in [-0.4, -0.2) is 35.3 Å². The average Bonchev–Trinajstić information content (AvgIpc) is 2.59. The predicted octanol–water partition coefficient (Wildman–Crippen LogP) is 4.05. The van der Waals surface area contributed by atoms with Gasteiger partial charge in [0.2, 0.25) is 5.91 Å². The van der Waals surface area contributed by atoms with Gasteiger partial charge in [0.25, 0.3) is 5.91 Å². The summed E-state index contributed by atoms with van der Waals surface area (Å²) in [6.07, 6.45) is 0. The maximum absolute atomic E-state index is 13.5. The molecule has 0 aliphatic heterocycles. The Morgan fingerprint density at radius 3 is 2.70 bits per heavy atom. The molecule has 1 aromatic heterocycles. The fourth-order valence-corrected chi connectivity index (χ4v) is 2.96. The number of rotatable bonds is 4. The number of aryl methyl sites for hydroxylation is 1. The largest absolute Gasteiger partial charge is 0.332 e. The highest BCUT2D eigenvalue weighted by Crippen LogP contribution is 2.21. The summed E-state index contributed by atoms with van der Waals surface area (Å²) < 4.78 is 13.5. The van der Waals surface area contributed by atoms with Crippen LogP contribution in [0, 0.1) is 12.7 Å². The van der Waals surface area contributed by atoms with Gasteiger partial charge in [0.15, 0.2) is 0 Å². The number of halogens is 2. The number of nitrogens with one attached hydrogen (secondary N) is 1. The van der Waals surface area contributed by atoms with Crippen molar-refractivity contribution in [1.29, 1.82) is 0 Å². The van der Waals surface area contributed by atoms with Crippen LogP contribution in [-0.2, 0) is 4.79 Å². The van der Waals surface area contributed by atoms with Gasteiger partial charge in [0.1, 0.15) is 5.82 Å². The molecular formula is C20H17ClFN3O2. The van der Waals surface area contributed by atoms with Crippen molar-refractivity contribution < 1.29 is 14.0 Å². The number of carbonyl (C=O) groups is 2. The normalized spacial score (nSPS) is 10.7. The molecule has 0 aliphatic rings. The average molecular weight is 386 g/mol. The van der Waals surface area contributed by atoms with Crippen molar-refractivity contribution in [2.24, 2.45) is 0 Å². The third-order valence-electron chi connectivity index (χ3n) is 3.97. The minimum absolute atomic E-state index is 0.143. The highest BCUT2D eigenvalue weighted by Gasteiger charge is 2.19. The molecule has 0 fully saturated rings. The number of anilines is 1. The van der Waals surface area contributed by atoms with Crippen LogP contribution in [0.2, 0.25) is 5.02 Å². The molecule has 2 amide bonds. The van der Waals surface area contributed by atoms with E-state index < -0.39 is 5.82 Å². The van der Waals surface area contributed by atoms with Crippen molar-refractivity contribution in [2.75, 3.05) is 18.9 Å². The van der Waals surface area contributed by atoms with Crippen molar-refractivity contribution >= 4 is 40.0 Å². The quantitative estimate of drug-likeness (QED) is 0.737. The summed E-state index contributed by atoms with van der Waals surface area (Å²) in [7, 11) is 1.53. The number of benzene rings is 2. The zero-order valence-electron chi connectivity index (χ0n) is 14.8. The summed E-state index contributed by atoms with van der Waals surface area (Å²) in [5.41, 5.74) is 1.91. The molecule has 0 aliphatic carbocycles. The Kier molecular flexibility index (Phi) is 5.37. The lowest BCUT2D eigenvalue weighted by Gasteiger charge is -2.18. The van der Waals surface area contributed by atoms with Gasteiger partial charge in [0, 0.05) is 34.9 Å². The molecule has 0 saturated heterocycles. The summed E-state index contributed by atoms with van der Waals surface area (Å²) in [6, 6.07) is 12.5. The van der Waals surface area contributed by atoms with Gasteiger partial charge in [0.05, 0.1) is 17.6 Å². The van der Waals surface area contributed by atoms with Gasteiger partial charge in [-0.3, -0.25) is 14.6 Å². The number of carbonyl (C=O) groups excluding carboxylic acids is 2. The second-order valence-electron chi connectivity index (χ2n) is 6.19. The van der Waals surface area contributed by atoms with Crippen LogP contribution in [0.3, 0.4) is 0 Å². The zero-order chi connectivity index (χ0) is 19.6. The SMILES string of the molecule is Cc1cc(C(=O)N(C)CC(=O)Nc2cccc(Cl)c2)c2ccc(F)cc2n1. The van der Waals surface area contributed by atoms with E-state index in [4.69, 9.17) is 11.6 Å². The molecule has 0 bridgehead atoms. The molecule has 27 heavy (non-hydrogen) atoms. The smallest absolute Gasteiger partial charge is 0.254 e. The molecule has 1 N–H and O–H groups in total. The molecular weight excluding hydrogens is 369 g/mol. The first-order valence-corrected chi connectivity index (χ1v) is 8.59. The summed E-state index contributed by atoms with van der Waals surface area (Å²) in [4.78, 5) is 30.6. The van der Waals surface area contributed by atoms with Crippen molar-refractivity contribution in [3.8, 4) is 0 Å². The van der Waals surface area contributed by atoms with E-state index in [-0.39, 0.29) is 18.4 Å². The predicted molar refractivity (Wildman–Crippen MR) is 103 cm³/mol. The van der Waals surface area contributed by atoms with E-state index in [2.05, 4.69) is 10.3 Å². The molecule has 5 nitrogen and oxygen atoms in total. The van der Waals surface area contributed by atoms with Gasteiger partial charge < -0.3 is 10.2 Å². The molecule has 0 atom stereocenters. The molecule has 0 radical (unpaired) electrons. The highest BCUT2D eigenvalue weighted by molar-refractivity contribution is 6.30. The number of likely N-dealkylation sites (N-methyl/N-ethyl adjacent to an activating group) is 1. The molecule has 3 rings (SSSR count). The van der Waals surface area contributed by atoms with Crippen molar-refractivity contribution in [3.63, 3.8) is 0 Å². The Morgan fingerprint density at radius 1 is 1.19 bits per heavy atom. The maximum atomic E-state index is 13.5. The summed E-state index contributed by atoms with van der Waals surface area (Å²) in [6.45, 7) is 1.59. The van der Waals surface area contributed by atoms with Crippen molar-refractivity contribution in [1.82, 2.24) is 9.88 Å². The van der Waals surface area contributed by atoms with Crippen molar-refractivity contribution in [3.05, 3.63) is 70.6 Å². The number of fused-ring (bicyclic) bond motifs is 1. The first kappa shape index (κ1) is 18.8. The first-order chi connectivity index (χ1) is 12.8. The number of aromatic nitrogens is 1. The monoisotopic (exact) mass is 385 g/mol. The fraction of sp³-hybridized carbons (Fsp3) is 0.150. The number of hydrogen-bond acceptors (Lipinski definition) is 3. The van der Waals surface area contributed by atoms with E-state index in [1.807, 2.05) is 0 Å². The molecule has 3 aromatic rings. The standard InChI is InChI=1S/C20H17ClFN3O2/c1-12-8-17(16-7-6-14(22)10-18(16)23-12)20(27)25(2)11-19(26)24-15-5-3-4-13(21)9-15/h3-10H,11H2,1-2H3,(H,24,26). The zero-order valence-corrected chi connectivity index (χ0v) is 15.5. The number of pyridine rings is 1. The van der Waals surface area contributed by atoms with Gasteiger partial charge >= 0.3 is 0 Å². The van der Waals surface area contributed by atoms with Gasteiger partial charge in [-0.1, -0.05) is 17.7 Å². The van der Waals surface area contributed by atoms with E-state index in [0.29, 0.717) is 32.9 Å². The van der Waals surface area contributed by atoms with Crippen LogP contribution >= 0.6 is 11.6 Å². The van der Waals surface area contributed by atoms with Crippen LogP contribution in [0.1, 0.15) is 16.1 Å². The molecule has 7 heteroatoms. The lowest BCUT2D eigenvalue weighted by Crippen LogP contribution is -2.35. The topological polar surface area (TPSA) is 62.3 Å². The summed E-state index contributed by atoms with van der Waals surface area (Å²) >= 11 is 5.90. The molecule has 0 spiro atoms. The first-order valence-electron chi connectivity index (χ1n) is 8.21. The maximum Gasteiger partial charge on any atom is 0.254 e. The highest BCUT2D eigenvalue weighted by atomic mass is 35.5. The Balaban J connectivity index is 1.79. The van der Waals surface area contributed by atoms with Gasteiger partial charge in [-0.15, -0.1) is 0 Å². The van der Waals surface area contributed by atoms with E-state index in [1.165, 1.54) is 30.1 Å². The number of nitrogens with zero attached hydrogens (tertiary/aromatic N) is 2. The van der Waals surface area contributed by atoms with E-state index in [9.17, 15) is 14.0 Å². The van der Waals surface area contributed by atoms with Gasteiger partial charge in [-0.25, -0.2) is 4.39 Å². The lowest BCUT2D eigenvalue weighted by molar-refractivity contribution is -0.116. The van der Waals surface area contributed by atoms with Crippen LogP contribution in [0.4, 0.5) is 10.1 Å². The molecule has 2 aromatic carbocycles. The fourth-order valence-electron chi connectivity index (χ4n) is 2.77. The van der Waals surface area contributed by atoms with Gasteiger partial charge in [-0.05, 0) is 43.3 Å². The molecule has 1 heterocycles. The minimum Gasteiger partial charge on any atom is -0.332 e. The van der Waals surface area contributed by atoms with E-state index in [1.54, 1.807) is 37.3 Å². The summed E-state index contributed by atoms with van der Waals surface area (Å²) in [5.74, 6) is -1.12. The Bertz CT molecular complexity index is 1030. The molecule has 0 unspecified atom stereocenters. The third-order valence-corrected chi connectivity index (χ3v) is 4.20. The Morgan fingerprint density at radius 2 is 1.96 bits per heavy atom.